The van der Waals surface area contributed by atoms with Gasteiger partial charge in [-0.3, -0.25) is 0 Å². The van der Waals surface area contributed by atoms with Gasteiger partial charge in [0.15, 0.2) is 0 Å². The van der Waals surface area contributed by atoms with Crippen LogP contribution in [0.4, 0.5) is 5.82 Å². The highest BCUT2D eigenvalue weighted by Gasteiger charge is 2.22. The molecule has 2 rings (SSSR count). The van der Waals surface area contributed by atoms with Gasteiger partial charge in [0.25, 0.3) is 0 Å². The smallest absolute Gasteiger partial charge is 0.132 e. The van der Waals surface area contributed by atoms with E-state index in [1.807, 2.05) is 0 Å². The molecule has 0 spiro atoms. The van der Waals surface area contributed by atoms with Gasteiger partial charge < -0.3 is 9.64 Å². The van der Waals surface area contributed by atoms with Gasteiger partial charge in [-0.2, -0.15) is 0 Å². The van der Waals surface area contributed by atoms with E-state index >= 15 is 0 Å². The Morgan fingerprint density at radius 1 is 1.32 bits per heavy atom. The van der Waals surface area contributed by atoms with E-state index in [0.717, 1.165) is 37.6 Å². The summed E-state index contributed by atoms with van der Waals surface area (Å²) in [6.07, 6.45) is 3.11. The lowest BCUT2D eigenvalue weighted by Crippen LogP contribution is -2.43. The first-order chi connectivity index (χ1) is 9.06. The fourth-order valence-electron chi connectivity index (χ4n) is 2.45. The number of morpholine rings is 1. The van der Waals surface area contributed by atoms with Gasteiger partial charge >= 0.3 is 0 Å². The minimum atomic E-state index is 0.325. The van der Waals surface area contributed by atoms with Gasteiger partial charge in [0.2, 0.25) is 0 Å². The van der Waals surface area contributed by atoms with Crippen molar-refractivity contribution in [1.82, 2.24) is 9.97 Å². The third kappa shape index (κ3) is 3.90. The van der Waals surface area contributed by atoms with Crippen LogP contribution in [0.25, 0.3) is 0 Å². The molecule has 4 heteroatoms. The molecule has 2 heterocycles. The standard InChI is InChI=1S/C15H25N3O/c1-11(2)7-13-9-18(5-6-19-13)15-8-14(12(3)4)16-10-17-15/h8,10-13H,5-7,9H2,1-4H3. The Balaban J connectivity index is 2.06. The molecule has 0 saturated carbocycles. The maximum absolute atomic E-state index is 5.83. The zero-order chi connectivity index (χ0) is 13.8. The van der Waals surface area contributed by atoms with Crippen LogP contribution in [0.1, 0.15) is 45.7 Å². The van der Waals surface area contributed by atoms with E-state index in [-0.39, 0.29) is 0 Å². The van der Waals surface area contributed by atoms with Crippen molar-refractivity contribution in [3.63, 3.8) is 0 Å². The Labute approximate surface area is 116 Å². The van der Waals surface area contributed by atoms with E-state index in [1.165, 1.54) is 0 Å². The highest BCUT2D eigenvalue weighted by Crippen LogP contribution is 2.21. The van der Waals surface area contributed by atoms with Crippen LogP contribution in [0.5, 0.6) is 0 Å². The van der Waals surface area contributed by atoms with Crippen LogP contribution in [-0.4, -0.2) is 35.8 Å². The lowest BCUT2D eigenvalue weighted by Gasteiger charge is -2.34. The fourth-order valence-corrected chi connectivity index (χ4v) is 2.45. The molecule has 0 aromatic carbocycles. The number of rotatable bonds is 4. The third-order valence-corrected chi connectivity index (χ3v) is 3.46. The Bertz CT molecular complexity index is 406. The largest absolute Gasteiger partial charge is 0.375 e. The molecule has 1 unspecified atom stereocenters. The lowest BCUT2D eigenvalue weighted by molar-refractivity contribution is 0.0273. The number of ether oxygens (including phenoxy) is 1. The SMILES string of the molecule is CC(C)CC1CN(c2cc(C(C)C)ncn2)CCO1. The molecule has 1 aliphatic heterocycles. The normalized spacial score (nSPS) is 20.3. The van der Waals surface area contributed by atoms with Gasteiger partial charge in [-0.1, -0.05) is 27.7 Å². The predicted molar refractivity (Wildman–Crippen MR) is 77.5 cm³/mol. The van der Waals surface area contributed by atoms with Crippen molar-refractivity contribution in [2.75, 3.05) is 24.6 Å². The predicted octanol–water partition coefficient (Wildman–Crippen LogP) is 2.85. The van der Waals surface area contributed by atoms with Crippen LogP contribution < -0.4 is 4.90 Å². The van der Waals surface area contributed by atoms with Crippen molar-refractivity contribution < 1.29 is 4.74 Å². The second kappa shape index (κ2) is 6.33. The Morgan fingerprint density at radius 2 is 2.11 bits per heavy atom. The number of hydrogen-bond donors (Lipinski definition) is 0. The Kier molecular flexibility index (Phi) is 4.75. The molecule has 19 heavy (non-hydrogen) atoms. The summed E-state index contributed by atoms with van der Waals surface area (Å²) in [6.45, 7) is 11.4. The average Bonchev–Trinajstić information content (AvgIpc) is 2.38. The van der Waals surface area contributed by atoms with E-state index < -0.39 is 0 Å². The maximum atomic E-state index is 5.83. The van der Waals surface area contributed by atoms with Crippen molar-refractivity contribution in [1.29, 1.82) is 0 Å². The van der Waals surface area contributed by atoms with Gasteiger partial charge in [0, 0.05) is 24.8 Å². The summed E-state index contributed by atoms with van der Waals surface area (Å²) >= 11 is 0. The van der Waals surface area contributed by atoms with Gasteiger partial charge in [0.05, 0.1) is 12.7 Å². The van der Waals surface area contributed by atoms with E-state index in [2.05, 4.69) is 48.6 Å². The molecule has 106 valence electrons. The highest BCUT2D eigenvalue weighted by molar-refractivity contribution is 5.40. The summed E-state index contributed by atoms with van der Waals surface area (Å²) in [5.74, 6) is 2.14. The van der Waals surface area contributed by atoms with Crippen molar-refractivity contribution >= 4 is 5.82 Å². The first kappa shape index (κ1) is 14.3. The molecule has 0 N–H and O–H groups in total. The van der Waals surface area contributed by atoms with Gasteiger partial charge in [-0.25, -0.2) is 9.97 Å². The zero-order valence-corrected chi connectivity index (χ0v) is 12.5. The number of anilines is 1. The molecule has 0 aliphatic carbocycles. The summed E-state index contributed by atoms with van der Waals surface area (Å²) in [4.78, 5) is 11.1. The molecular formula is C15H25N3O. The number of hydrogen-bond acceptors (Lipinski definition) is 4. The van der Waals surface area contributed by atoms with Crippen LogP contribution >= 0.6 is 0 Å². The molecular weight excluding hydrogens is 238 g/mol. The topological polar surface area (TPSA) is 38.2 Å². The monoisotopic (exact) mass is 263 g/mol. The maximum Gasteiger partial charge on any atom is 0.132 e. The zero-order valence-electron chi connectivity index (χ0n) is 12.5. The summed E-state index contributed by atoms with van der Waals surface area (Å²) in [6, 6.07) is 2.11. The van der Waals surface area contributed by atoms with Crippen molar-refractivity contribution in [2.45, 2.75) is 46.1 Å². The first-order valence-electron chi connectivity index (χ1n) is 7.24. The molecule has 0 bridgehead atoms. The molecule has 1 fully saturated rings. The lowest BCUT2D eigenvalue weighted by atomic mass is 10.0. The van der Waals surface area contributed by atoms with Gasteiger partial charge in [-0.05, 0) is 18.3 Å². The molecule has 1 atom stereocenters. The Hall–Kier alpha value is -1.16. The second-order valence-corrected chi connectivity index (χ2v) is 6.02. The molecule has 4 nitrogen and oxygen atoms in total. The summed E-state index contributed by atoms with van der Waals surface area (Å²) < 4.78 is 5.83. The van der Waals surface area contributed by atoms with Crippen LogP contribution in [0.15, 0.2) is 12.4 Å². The van der Waals surface area contributed by atoms with Gasteiger partial charge in [-0.15, -0.1) is 0 Å². The molecule has 1 saturated heterocycles. The van der Waals surface area contributed by atoms with Crippen LogP contribution in [0, 0.1) is 5.92 Å². The van der Waals surface area contributed by atoms with E-state index in [4.69, 9.17) is 4.74 Å². The average molecular weight is 263 g/mol. The minimum absolute atomic E-state index is 0.325. The van der Waals surface area contributed by atoms with Crippen molar-refractivity contribution in [3.05, 3.63) is 18.1 Å². The number of aromatic nitrogens is 2. The van der Waals surface area contributed by atoms with E-state index in [9.17, 15) is 0 Å². The van der Waals surface area contributed by atoms with Crippen LogP contribution in [-0.2, 0) is 4.74 Å². The molecule has 0 amide bonds. The minimum Gasteiger partial charge on any atom is -0.375 e. The van der Waals surface area contributed by atoms with Crippen molar-refractivity contribution in [3.8, 4) is 0 Å². The Morgan fingerprint density at radius 3 is 2.79 bits per heavy atom. The second-order valence-electron chi connectivity index (χ2n) is 6.02. The molecule has 1 aromatic rings. The van der Waals surface area contributed by atoms with E-state index in [0.29, 0.717) is 17.9 Å². The molecule has 0 radical (unpaired) electrons. The molecule has 1 aromatic heterocycles. The van der Waals surface area contributed by atoms with Crippen LogP contribution in [0.2, 0.25) is 0 Å². The molecule has 1 aliphatic rings. The first-order valence-corrected chi connectivity index (χ1v) is 7.24. The summed E-state index contributed by atoms with van der Waals surface area (Å²) in [5, 5.41) is 0. The fraction of sp³-hybridized carbons (Fsp3) is 0.733. The van der Waals surface area contributed by atoms with Crippen molar-refractivity contribution in [2.24, 2.45) is 5.92 Å². The van der Waals surface area contributed by atoms with Gasteiger partial charge in [0.1, 0.15) is 12.1 Å². The summed E-state index contributed by atoms with van der Waals surface area (Å²) in [7, 11) is 0. The van der Waals surface area contributed by atoms with E-state index in [1.54, 1.807) is 6.33 Å². The summed E-state index contributed by atoms with van der Waals surface area (Å²) in [5.41, 5.74) is 1.11. The quantitative estimate of drug-likeness (QED) is 0.837. The number of nitrogens with zero attached hydrogens (tertiary/aromatic N) is 3. The third-order valence-electron chi connectivity index (χ3n) is 3.46. The van der Waals surface area contributed by atoms with Crippen LogP contribution in [0.3, 0.4) is 0 Å². The highest BCUT2D eigenvalue weighted by atomic mass is 16.5.